The van der Waals surface area contributed by atoms with E-state index in [-0.39, 0.29) is 0 Å². The van der Waals surface area contributed by atoms with E-state index in [1.165, 1.54) is 5.69 Å². The van der Waals surface area contributed by atoms with Gasteiger partial charge in [0.1, 0.15) is 0 Å². The first kappa shape index (κ1) is 15.9. The van der Waals surface area contributed by atoms with Crippen LogP contribution in [0.2, 0.25) is 0 Å². The molecule has 2 aromatic heterocycles. The Kier molecular flexibility index (Phi) is 5.20. The molecule has 0 N–H and O–H groups in total. The van der Waals surface area contributed by atoms with Crippen molar-refractivity contribution in [3.63, 3.8) is 0 Å². The summed E-state index contributed by atoms with van der Waals surface area (Å²) in [7, 11) is 1.76. The number of nitrogens with zero attached hydrogens (tertiary/aromatic N) is 4. The quantitative estimate of drug-likeness (QED) is 0.847. The highest BCUT2D eigenvalue weighted by Crippen LogP contribution is 2.30. The largest absolute Gasteiger partial charge is 0.383 e. The van der Waals surface area contributed by atoms with Gasteiger partial charge in [0.2, 0.25) is 0 Å². The van der Waals surface area contributed by atoms with Gasteiger partial charge in [-0.15, -0.1) is 0 Å². The lowest BCUT2D eigenvalue weighted by atomic mass is 10.1. The first-order valence-electron chi connectivity index (χ1n) is 8.12. The lowest BCUT2D eigenvalue weighted by Gasteiger charge is -2.41. The zero-order chi connectivity index (χ0) is 16.1. The number of ether oxygens (including phenoxy) is 1. The van der Waals surface area contributed by atoms with Crippen molar-refractivity contribution in [2.45, 2.75) is 13.0 Å². The van der Waals surface area contributed by atoms with Crippen LogP contribution in [0.1, 0.15) is 6.92 Å². The molecule has 1 unspecified atom stereocenters. The van der Waals surface area contributed by atoms with E-state index in [2.05, 4.69) is 38.8 Å². The predicted molar refractivity (Wildman–Crippen MR) is 92.6 cm³/mol. The van der Waals surface area contributed by atoms with Crippen molar-refractivity contribution >= 4 is 5.69 Å². The smallest absolute Gasteiger partial charge is 0.0589 e. The van der Waals surface area contributed by atoms with E-state index in [0.29, 0.717) is 6.04 Å². The number of piperazine rings is 1. The van der Waals surface area contributed by atoms with Crippen LogP contribution in [0, 0.1) is 0 Å². The van der Waals surface area contributed by atoms with Crippen molar-refractivity contribution in [3.05, 3.63) is 43.0 Å². The molecule has 1 aliphatic rings. The predicted octanol–water partition coefficient (Wildman–Crippen LogP) is 2.30. The van der Waals surface area contributed by atoms with E-state index in [1.54, 1.807) is 13.3 Å². The lowest BCUT2D eigenvalue weighted by molar-refractivity contribution is 0.117. The third-order valence-electron chi connectivity index (χ3n) is 4.46. The Labute approximate surface area is 137 Å². The molecule has 0 saturated carbocycles. The van der Waals surface area contributed by atoms with E-state index >= 15 is 0 Å². The average Bonchev–Trinajstić information content (AvgIpc) is 2.61. The van der Waals surface area contributed by atoms with Gasteiger partial charge in [0, 0.05) is 80.9 Å². The Hall–Kier alpha value is -1.98. The zero-order valence-electron chi connectivity index (χ0n) is 13.9. The molecule has 122 valence electrons. The van der Waals surface area contributed by atoms with Crippen LogP contribution >= 0.6 is 0 Å². The molecule has 1 saturated heterocycles. The highest BCUT2D eigenvalue weighted by Gasteiger charge is 2.25. The summed E-state index contributed by atoms with van der Waals surface area (Å²) >= 11 is 0. The number of hydrogen-bond acceptors (Lipinski definition) is 5. The molecule has 0 bridgehead atoms. The minimum atomic E-state index is 0.508. The van der Waals surface area contributed by atoms with Crippen molar-refractivity contribution in [1.82, 2.24) is 14.9 Å². The molecule has 0 amide bonds. The Morgan fingerprint density at radius 2 is 2.04 bits per heavy atom. The SMILES string of the molecule is COCCN1CCN(c2ccncc2-c2cccnc2)CC1C. The molecule has 1 fully saturated rings. The van der Waals surface area contributed by atoms with Crippen LogP contribution in [0.5, 0.6) is 0 Å². The second-order valence-electron chi connectivity index (χ2n) is 5.96. The monoisotopic (exact) mass is 312 g/mol. The maximum Gasteiger partial charge on any atom is 0.0589 e. The average molecular weight is 312 g/mol. The van der Waals surface area contributed by atoms with E-state index in [4.69, 9.17) is 4.74 Å². The molecule has 0 spiro atoms. The Morgan fingerprint density at radius 3 is 2.78 bits per heavy atom. The van der Waals surface area contributed by atoms with Crippen molar-refractivity contribution in [1.29, 1.82) is 0 Å². The molecule has 0 aromatic carbocycles. The maximum atomic E-state index is 5.21. The number of pyridine rings is 2. The molecule has 1 aliphatic heterocycles. The van der Waals surface area contributed by atoms with Gasteiger partial charge in [-0.3, -0.25) is 14.9 Å². The summed E-state index contributed by atoms with van der Waals surface area (Å²) in [6.45, 7) is 7.16. The fourth-order valence-corrected chi connectivity index (χ4v) is 3.16. The van der Waals surface area contributed by atoms with E-state index in [0.717, 1.165) is 43.9 Å². The lowest BCUT2D eigenvalue weighted by Crippen LogP contribution is -2.52. The third kappa shape index (κ3) is 3.68. The van der Waals surface area contributed by atoms with Crippen LogP contribution in [0.15, 0.2) is 43.0 Å². The number of hydrogen-bond donors (Lipinski definition) is 0. The van der Waals surface area contributed by atoms with Gasteiger partial charge in [0.25, 0.3) is 0 Å². The number of rotatable bonds is 5. The highest BCUT2D eigenvalue weighted by atomic mass is 16.5. The normalized spacial score (nSPS) is 19.0. The van der Waals surface area contributed by atoms with Crippen LogP contribution < -0.4 is 4.90 Å². The molecule has 5 heteroatoms. The van der Waals surface area contributed by atoms with Gasteiger partial charge in [-0.25, -0.2) is 0 Å². The van der Waals surface area contributed by atoms with Crippen molar-refractivity contribution < 1.29 is 4.74 Å². The minimum Gasteiger partial charge on any atom is -0.383 e. The third-order valence-corrected chi connectivity index (χ3v) is 4.46. The van der Waals surface area contributed by atoms with Gasteiger partial charge in [0.15, 0.2) is 0 Å². The molecule has 3 heterocycles. The Balaban J connectivity index is 1.79. The summed E-state index contributed by atoms with van der Waals surface area (Å²) in [5.74, 6) is 0. The second kappa shape index (κ2) is 7.53. The van der Waals surface area contributed by atoms with E-state index in [9.17, 15) is 0 Å². The molecule has 5 nitrogen and oxygen atoms in total. The summed E-state index contributed by atoms with van der Waals surface area (Å²) in [6.07, 6.45) is 7.51. The Bertz CT molecular complexity index is 619. The number of anilines is 1. The summed E-state index contributed by atoms with van der Waals surface area (Å²) < 4.78 is 5.21. The molecule has 0 radical (unpaired) electrons. The minimum absolute atomic E-state index is 0.508. The first-order chi connectivity index (χ1) is 11.3. The van der Waals surface area contributed by atoms with Crippen LogP contribution in [0.3, 0.4) is 0 Å². The topological polar surface area (TPSA) is 41.5 Å². The van der Waals surface area contributed by atoms with Crippen LogP contribution in [0.4, 0.5) is 5.69 Å². The molecule has 2 aromatic rings. The van der Waals surface area contributed by atoms with E-state index in [1.807, 2.05) is 24.7 Å². The van der Waals surface area contributed by atoms with E-state index < -0.39 is 0 Å². The molecular formula is C18H24N4O. The fraction of sp³-hybridized carbons (Fsp3) is 0.444. The van der Waals surface area contributed by atoms with Crippen molar-refractivity contribution in [2.75, 3.05) is 44.8 Å². The summed E-state index contributed by atoms with van der Waals surface area (Å²) in [5, 5.41) is 0. The number of methoxy groups -OCH3 is 1. The summed E-state index contributed by atoms with van der Waals surface area (Å²) in [6, 6.07) is 6.68. The molecule has 1 atom stereocenters. The van der Waals surface area contributed by atoms with Crippen molar-refractivity contribution in [3.8, 4) is 11.1 Å². The van der Waals surface area contributed by atoms with Gasteiger partial charge in [0.05, 0.1) is 6.61 Å². The molecular weight excluding hydrogens is 288 g/mol. The van der Waals surface area contributed by atoms with Crippen LogP contribution in [-0.4, -0.2) is 60.8 Å². The summed E-state index contributed by atoms with van der Waals surface area (Å²) in [5.41, 5.74) is 3.51. The van der Waals surface area contributed by atoms with Gasteiger partial charge in [-0.1, -0.05) is 6.07 Å². The van der Waals surface area contributed by atoms with Gasteiger partial charge in [-0.05, 0) is 19.1 Å². The maximum absolute atomic E-state index is 5.21. The number of aromatic nitrogens is 2. The fourth-order valence-electron chi connectivity index (χ4n) is 3.16. The van der Waals surface area contributed by atoms with Gasteiger partial charge < -0.3 is 9.64 Å². The van der Waals surface area contributed by atoms with Crippen LogP contribution in [-0.2, 0) is 4.74 Å². The summed E-state index contributed by atoms with van der Waals surface area (Å²) in [4.78, 5) is 13.5. The van der Waals surface area contributed by atoms with Crippen LogP contribution in [0.25, 0.3) is 11.1 Å². The highest BCUT2D eigenvalue weighted by molar-refractivity contribution is 5.77. The second-order valence-corrected chi connectivity index (χ2v) is 5.96. The standard InChI is InChI=1S/C18H24N4O/c1-15-14-22(9-8-21(15)10-11-23-2)18-5-7-20-13-17(18)16-4-3-6-19-12-16/h3-7,12-13,15H,8-11,14H2,1-2H3. The van der Waals surface area contributed by atoms with Gasteiger partial charge >= 0.3 is 0 Å². The first-order valence-corrected chi connectivity index (χ1v) is 8.12. The van der Waals surface area contributed by atoms with Gasteiger partial charge in [-0.2, -0.15) is 0 Å². The molecule has 23 heavy (non-hydrogen) atoms. The van der Waals surface area contributed by atoms with Crippen molar-refractivity contribution in [2.24, 2.45) is 0 Å². The molecule has 0 aliphatic carbocycles. The molecule has 3 rings (SSSR count). The Morgan fingerprint density at radius 1 is 1.17 bits per heavy atom. The zero-order valence-corrected chi connectivity index (χ0v) is 13.9.